The topological polar surface area (TPSA) is 125 Å². The Hall–Kier alpha value is -1.60. The van der Waals surface area contributed by atoms with Gasteiger partial charge < -0.3 is 22.4 Å². The monoisotopic (exact) mass is 525 g/mol. The summed E-state index contributed by atoms with van der Waals surface area (Å²) in [5, 5.41) is 9.23. The normalized spacial score (nSPS) is 28.2. The minimum Gasteiger partial charge on any atom is -0.414 e. The fourth-order valence-corrected chi connectivity index (χ4v) is 16.5. The number of fused-ring (bicyclic) bond motifs is 1. The zero-order valence-corrected chi connectivity index (χ0v) is 23.9. The number of aromatic nitrogens is 2. The van der Waals surface area contributed by atoms with E-state index in [9.17, 15) is 14.9 Å². The molecule has 1 aromatic rings. The molecule has 4 atom stereocenters. The van der Waals surface area contributed by atoms with Gasteiger partial charge in [-0.15, -0.1) is 0 Å². The van der Waals surface area contributed by atoms with E-state index in [0.717, 1.165) is 0 Å². The van der Waals surface area contributed by atoms with Gasteiger partial charge in [0.1, 0.15) is 24.9 Å². The second-order valence-corrected chi connectivity index (χ2v) is 19.4. The third kappa shape index (κ3) is 5.13. The molecule has 3 rings (SSSR count). The fourth-order valence-electron chi connectivity index (χ4n) is 5.29. The van der Waals surface area contributed by atoms with Crippen LogP contribution < -0.4 is 11.2 Å². The van der Waals surface area contributed by atoms with E-state index in [-0.39, 0.29) is 35.4 Å². The molecule has 2 saturated heterocycles. The summed E-state index contributed by atoms with van der Waals surface area (Å²) in [4.78, 5) is 26.6. The van der Waals surface area contributed by atoms with Gasteiger partial charge in [-0.25, -0.2) is 4.79 Å². The van der Waals surface area contributed by atoms with Crippen LogP contribution in [0, 0.1) is 11.3 Å². The van der Waals surface area contributed by atoms with E-state index in [0.29, 0.717) is 0 Å². The molecule has 0 unspecified atom stereocenters. The highest BCUT2D eigenvalue weighted by Crippen LogP contribution is 2.48. The van der Waals surface area contributed by atoms with Crippen LogP contribution in [-0.2, 0) is 22.4 Å². The lowest BCUT2D eigenvalue weighted by Crippen LogP contribution is -2.66. The van der Waals surface area contributed by atoms with Gasteiger partial charge in [0.15, 0.2) is 6.23 Å². The van der Waals surface area contributed by atoms with Gasteiger partial charge in [0.25, 0.3) is 5.56 Å². The molecule has 12 heteroatoms. The van der Waals surface area contributed by atoms with E-state index in [4.69, 9.17) is 22.4 Å². The first kappa shape index (κ1) is 28.0. The number of hydrogen-bond donors (Lipinski definition) is 1. The highest BCUT2D eigenvalue weighted by atomic mass is 28.5. The molecule has 196 valence electrons. The van der Waals surface area contributed by atoms with E-state index < -0.39 is 52.9 Å². The lowest BCUT2D eigenvalue weighted by atomic mass is 10.1. The van der Waals surface area contributed by atoms with E-state index >= 15 is 0 Å². The molecule has 2 aliphatic heterocycles. The number of rotatable bonds is 7. The molecule has 2 fully saturated rings. The largest absolute Gasteiger partial charge is 0.414 e. The number of nitrogens with one attached hydrogen (secondary N) is 1. The smallest absolute Gasteiger partial charge is 0.335 e. The number of ether oxygens (including phenoxy) is 2. The van der Waals surface area contributed by atoms with Crippen LogP contribution in [0.3, 0.4) is 0 Å². The average Bonchev–Trinajstić information content (AvgIpc) is 3.07. The minimum atomic E-state index is -2.95. The Labute approximate surface area is 209 Å². The van der Waals surface area contributed by atoms with Crippen molar-refractivity contribution in [2.45, 2.75) is 102 Å². The molecule has 0 bridgehead atoms. The van der Waals surface area contributed by atoms with E-state index in [1.807, 2.05) is 6.07 Å². The lowest BCUT2D eigenvalue weighted by Gasteiger charge is -2.51. The number of nitriles is 1. The molecule has 0 saturated carbocycles. The standard InChI is InChI=1S/C23H39N3O7Si2/c1-14(2)34(15(3)4)30-13-18-20(32-35(33-34,16(5)6)17(7)8)21(29-12-10-24)22(31-18)26-11-9-19(27)25-23(26)28/h9,11,14-18,20-22H,12-13H2,1-8H3,(H,25,27,28)/t18-,20-,21-,22-/m1/s1. The molecule has 0 amide bonds. The predicted molar refractivity (Wildman–Crippen MR) is 134 cm³/mol. The Morgan fingerprint density at radius 3 is 2.20 bits per heavy atom. The molecular formula is C23H39N3O7Si2. The van der Waals surface area contributed by atoms with Gasteiger partial charge >= 0.3 is 22.8 Å². The van der Waals surface area contributed by atoms with E-state index in [1.54, 1.807) is 0 Å². The number of aromatic amines is 1. The molecule has 2 aliphatic rings. The fraction of sp³-hybridized carbons (Fsp3) is 0.783. The number of hydrogen-bond acceptors (Lipinski definition) is 8. The van der Waals surface area contributed by atoms with Crippen molar-refractivity contribution >= 4 is 17.1 Å². The SMILES string of the molecule is CC(C)[Si]1(C(C)C)OC[C@H]2O[C@@H](n3ccc(=O)[nH]c3=O)[C@H](OCC#N)[C@@H]2O[Si](C(C)C)(C(C)C)O1. The molecule has 3 heterocycles. The maximum atomic E-state index is 12.6. The van der Waals surface area contributed by atoms with Gasteiger partial charge in [-0.05, 0) is 22.2 Å². The van der Waals surface area contributed by atoms with Crippen LogP contribution in [0.4, 0.5) is 0 Å². The highest BCUT2D eigenvalue weighted by Gasteiger charge is 2.62. The minimum absolute atomic E-state index is 0.0979. The second kappa shape index (κ2) is 10.8. The number of nitrogens with zero attached hydrogens (tertiary/aromatic N) is 2. The quantitative estimate of drug-likeness (QED) is 0.538. The molecule has 10 nitrogen and oxygen atoms in total. The van der Waals surface area contributed by atoms with Gasteiger partial charge in [-0.1, -0.05) is 55.4 Å². The van der Waals surface area contributed by atoms with Crippen LogP contribution >= 0.6 is 0 Å². The van der Waals surface area contributed by atoms with E-state index in [2.05, 4.69) is 60.4 Å². The molecule has 0 aliphatic carbocycles. The predicted octanol–water partition coefficient (Wildman–Crippen LogP) is 3.30. The third-order valence-electron chi connectivity index (χ3n) is 7.08. The zero-order valence-electron chi connectivity index (χ0n) is 21.9. The van der Waals surface area contributed by atoms with Crippen LogP contribution in [0.1, 0.15) is 61.6 Å². The summed E-state index contributed by atoms with van der Waals surface area (Å²) in [5.41, 5.74) is -0.577. The van der Waals surface area contributed by atoms with Crippen LogP contribution in [0.25, 0.3) is 0 Å². The van der Waals surface area contributed by atoms with Crippen molar-refractivity contribution in [3.05, 3.63) is 33.1 Å². The lowest BCUT2D eigenvalue weighted by molar-refractivity contribution is -0.0677. The molecule has 0 aromatic carbocycles. The maximum Gasteiger partial charge on any atom is 0.335 e. The van der Waals surface area contributed by atoms with Gasteiger partial charge in [0.05, 0.1) is 12.7 Å². The Morgan fingerprint density at radius 2 is 1.69 bits per heavy atom. The molecule has 0 radical (unpaired) electrons. The van der Waals surface area contributed by atoms with Gasteiger partial charge in [0, 0.05) is 12.3 Å². The molecule has 35 heavy (non-hydrogen) atoms. The van der Waals surface area contributed by atoms with Crippen molar-refractivity contribution in [2.24, 2.45) is 0 Å². The second-order valence-electron chi connectivity index (χ2n) is 10.6. The van der Waals surface area contributed by atoms with E-state index in [1.165, 1.54) is 16.8 Å². The third-order valence-corrected chi connectivity index (χ3v) is 17.3. The van der Waals surface area contributed by atoms with Crippen molar-refractivity contribution in [1.82, 2.24) is 9.55 Å². The Balaban J connectivity index is 2.15. The summed E-state index contributed by atoms with van der Waals surface area (Å²) in [5.74, 6) is 0. The van der Waals surface area contributed by atoms with Crippen molar-refractivity contribution in [3.8, 4) is 6.07 Å². The molecule has 1 N–H and O–H groups in total. The first-order valence-electron chi connectivity index (χ1n) is 12.4. The molecule has 1 aromatic heterocycles. The summed E-state index contributed by atoms with van der Waals surface area (Å²) < 4.78 is 34.5. The summed E-state index contributed by atoms with van der Waals surface area (Å²) in [6, 6.07) is 3.25. The van der Waals surface area contributed by atoms with Crippen LogP contribution in [0.5, 0.6) is 0 Å². The average molecular weight is 526 g/mol. The van der Waals surface area contributed by atoms with Crippen molar-refractivity contribution in [3.63, 3.8) is 0 Å². The Bertz CT molecular complexity index is 1020. The summed E-state index contributed by atoms with van der Waals surface area (Å²) in [6.07, 6.45) is -1.45. The van der Waals surface area contributed by atoms with Crippen molar-refractivity contribution in [1.29, 1.82) is 5.26 Å². The summed E-state index contributed by atoms with van der Waals surface area (Å²) in [7, 11) is -5.71. The van der Waals surface area contributed by atoms with Gasteiger partial charge in [0.2, 0.25) is 0 Å². The van der Waals surface area contributed by atoms with Crippen LogP contribution in [0.2, 0.25) is 22.2 Å². The molecular weight excluding hydrogens is 486 g/mol. The summed E-state index contributed by atoms with van der Waals surface area (Å²) >= 11 is 0. The maximum absolute atomic E-state index is 12.6. The number of H-pyrrole nitrogens is 1. The Morgan fingerprint density at radius 1 is 1.09 bits per heavy atom. The van der Waals surface area contributed by atoms with Crippen molar-refractivity contribution in [2.75, 3.05) is 13.2 Å². The first-order chi connectivity index (χ1) is 16.4. The van der Waals surface area contributed by atoms with Crippen LogP contribution in [-0.4, -0.2) is 58.2 Å². The highest BCUT2D eigenvalue weighted by molar-refractivity contribution is 6.83. The zero-order chi connectivity index (χ0) is 26.1. The van der Waals surface area contributed by atoms with Gasteiger partial charge in [-0.2, -0.15) is 5.26 Å². The van der Waals surface area contributed by atoms with Crippen molar-refractivity contribution < 1.29 is 22.4 Å². The van der Waals surface area contributed by atoms with Gasteiger partial charge in [-0.3, -0.25) is 14.3 Å². The van der Waals surface area contributed by atoms with Crippen LogP contribution in [0.15, 0.2) is 21.9 Å². The summed E-state index contributed by atoms with van der Waals surface area (Å²) in [6.45, 7) is 17.1. The molecule has 0 spiro atoms. The first-order valence-corrected chi connectivity index (χ1v) is 16.3. The Kier molecular flexibility index (Phi) is 8.63.